The molecule has 0 rings (SSSR count). The van der Waals surface area contributed by atoms with Gasteiger partial charge >= 0.3 is 26.4 Å². The van der Waals surface area contributed by atoms with Crippen molar-refractivity contribution in [1.29, 1.82) is 0 Å². The number of rotatable bonds is 32. The van der Waals surface area contributed by atoms with Gasteiger partial charge in [0, 0.05) is 111 Å². The van der Waals surface area contributed by atoms with Crippen LogP contribution in [0.1, 0.15) is 247 Å². The van der Waals surface area contributed by atoms with Gasteiger partial charge in [-0.25, -0.2) is 0 Å². The molecule has 10 nitrogen and oxygen atoms in total. The molecule has 0 aliphatic rings. The molecule has 0 amide bonds. The van der Waals surface area contributed by atoms with Crippen LogP contribution in [0.2, 0.25) is 0 Å². The summed E-state index contributed by atoms with van der Waals surface area (Å²) in [7, 11) is -4.23. The fraction of sp³-hybridized carbons (Fsp3) is 0.671. The average Bonchev–Trinajstić information content (AvgIpc) is 3.67. The van der Waals surface area contributed by atoms with Crippen LogP contribution in [0.15, 0.2) is 0 Å². The lowest BCUT2D eigenvalue weighted by Crippen LogP contribution is -2.45. The van der Waals surface area contributed by atoms with Crippen molar-refractivity contribution in [2.24, 2.45) is 0 Å². The molecule has 0 N–H and O–H groups in total. The summed E-state index contributed by atoms with van der Waals surface area (Å²) in [5.41, 5.74) is 9.13. The number of terminal acetylenes is 4. The SMILES string of the molecule is C#CCCCC.C#CCCCCC#C.C#CCN(C)C.CC#CC.CC#CC.CC#CCCCCC#CC.CC#CCCCCC#C[Si](OCC)(OCC)OCC.CC#C[Si](OCC)(OCC)OCC.CCCCC#C[Si](OCC)(OCC)OCC. The maximum Gasteiger partial charge on any atom is 0.591 e. The third-order valence-corrected chi connectivity index (χ3v) is 16.7. The van der Waals surface area contributed by atoms with Crippen LogP contribution in [0.25, 0.3) is 0 Å². The van der Waals surface area contributed by atoms with E-state index < -0.39 is 26.4 Å². The Bertz CT molecular complexity index is 2030. The van der Waals surface area contributed by atoms with Gasteiger partial charge < -0.3 is 39.8 Å². The summed E-state index contributed by atoms with van der Waals surface area (Å²) < 4.78 is 50.2. The van der Waals surface area contributed by atoms with Crippen molar-refractivity contribution in [2.45, 2.75) is 247 Å². The zero-order valence-electron chi connectivity index (χ0n) is 58.7. The van der Waals surface area contributed by atoms with E-state index >= 15 is 0 Å². The topological polar surface area (TPSA) is 86.3 Å². The summed E-state index contributed by atoms with van der Waals surface area (Å²) in [4.78, 5) is 1.94. The van der Waals surface area contributed by atoms with Gasteiger partial charge in [0.05, 0.1) is 6.54 Å². The second kappa shape index (κ2) is 93.7. The van der Waals surface area contributed by atoms with E-state index in [9.17, 15) is 0 Å². The predicted octanol–water partition coefficient (Wildman–Crippen LogP) is 16.0. The van der Waals surface area contributed by atoms with E-state index in [1.807, 2.05) is 130 Å². The summed E-state index contributed by atoms with van der Waals surface area (Å²) in [5, 5.41) is 0. The fourth-order valence-corrected chi connectivity index (χ4v) is 11.1. The van der Waals surface area contributed by atoms with Crippen molar-refractivity contribution in [2.75, 3.05) is 80.1 Å². The zero-order chi connectivity index (χ0) is 67.4. The highest BCUT2D eigenvalue weighted by atomic mass is 28.4. The van der Waals surface area contributed by atoms with E-state index in [0.717, 1.165) is 96.4 Å². The Balaban J connectivity index is -0.000000116. The largest absolute Gasteiger partial charge is 0.591 e. The van der Waals surface area contributed by atoms with Crippen molar-refractivity contribution >= 4 is 26.4 Å². The van der Waals surface area contributed by atoms with Crippen molar-refractivity contribution in [3.63, 3.8) is 0 Å². The van der Waals surface area contributed by atoms with Gasteiger partial charge in [-0.05, 0) is 200 Å². The van der Waals surface area contributed by atoms with E-state index in [2.05, 4.69) is 131 Å². The lowest BCUT2D eigenvalue weighted by atomic mass is 10.2. The Kier molecular flexibility index (Phi) is 109. The van der Waals surface area contributed by atoms with Gasteiger partial charge in [0.2, 0.25) is 0 Å². The normalized spacial score (nSPS) is 8.86. The number of hydrogen-bond donors (Lipinski definition) is 0. The summed E-state index contributed by atoms with van der Waals surface area (Å²) in [6.45, 7) is 42.2. The number of nitrogens with zero attached hydrogens (tertiary/aromatic N) is 1. The lowest BCUT2D eigenvalue weighted by molar-refractivity contribution is 0.0862. The Morgan fingerprint density at radius 3 is 0.663 bits per heavy atom. The molecule has 0 spiro atoms. The van der Waals surface area contributed by atoms with Crippen LogP contribution in [-0.2, 0) is 39.8 Å². The zero-order valence-corrected chi connectivity index (χ0v) is 61.7. The van der Waals surface area contributed by atoms with Crippen LogP contribution >= 0.6 is 0 Å². The molecule has 13 heteroatoms. The van der Waals surface area contributed by atoms with E-state index in [0.29, 0.717) is 59.5 Å². The van der Waals surface area contributed by atoms with Crippen LogP contribution < -0.4 is 0 Å². The first-order valence-electron chi connectivity index (χ1n) is 31.0. The summed E-state index contributed by atoms with van der Waals surface area (Å²) in [6.07, 6.45) is 38.6. The van der Waals surface area contributed by atoms with Crippen molar-refractivity contribution < 1.29 is 39.8 Å². The van der Waals surface area contributed by atoms with Gasteiger partial charge in [0.25, 0.3) is 0 Å². The van der Waals surface area contributed by atoms with E-state index in [-0.39, 0.29) is 0 Å². The molecule has 0 aliphatic heterocycles. The second-order valence-corrected chi connectivity index (χ2v) is 23.4. The van der Waals surface area contributed by atoms with Gasteiger partial charge in [0.15, 0.2) is 0 Å². The first-order valence-corrected chi connectivity index (χ1v) is 36.2. The van der Waals surface area contributed by atoms with Gasteiger partial charge in [-0.15, -0.1) is 120 Å². The molecule has 0 atom stereocenters. The monoisotopic (exact) mass is 1240 g/mol. The van der Waals surface area contributed by atoms with Gasteiger partial charge in [0.1, 0.15) is 0 Å². The highest BCUT2D eigenvalue weighted by molar-refractivity contribution is 6.70. The molecule has 0 aliphatic carbocycles. The molecule has 0 fully saturated rings. The molecule has 0 radical (unpaired) electrons. The van der Waals surface area contributed by atoms with Crippen molar-refractivity contribution in [3.05, 3.63) is 0 Å². The third kappa shape index (κ3) is 92.7. The highest BCUT2D eigenvalue weighted by Gasteiger charge is 2.40. The molecular formula is C73H123NO9Si3. The van der Waals surface area contributed by atoms with Crippen molar-refractivity contribution in [1.82, 2.24) is 4.90 Å². The first-order chi connectivity index (χ1) is 41.6. The minimum absolute atomic E-state index is 0.562. The maximum atomic E-state index is 5.65. The average molecular weight is 1240 g/mol. The van der Waals surface area contributed by atoms with Crippen LogP contribution in [0.3, 0.4) is 0 Å². The molecule has 0 heterocycles. The smallest absolute Gasteiger partial charge is 0.364 e. The van der Waals surface area contributed by atoms with Gasteiger partial charge in [-0.2, -0.15) is 0 Å². The molecule has 0 aromatic carbocycles. The minimum atomic E-state index is -2.76. The Hall–Kier alpha value is -5.03. The molecule has 0 saturated carbocycles. The minimum Gasteiger partial charge on any atom is -0.364 e. The molecule has 0 saturated heterocycles. The molecule has 0 unspecified atom stereocenters. The molecule has 0 aromatic heterocycles. The molecule has 0 aromatic rings. The van der Waals surface area contributed by atoms with E-state index in [1.54, 1.807) is 6.92 Å². The van der Waals surface area contributed by atoms with Crippen LogP contribution in [-0.4, -0.2) is 111 Å². The number of hydrogen-bond acceptors (Lipinski definition) is 10. The van der Waals surface area contributed by atoms with Crippen molar-refractivity contribution in [3.8, 4) is 143 Å². The third-order valence-electron chi connectivity index (χ3n) is 9.14. The molecular weight excluding hydrogens is 1120 g/mol. The van der Waals surface area contributed by atoms with Crippen LogP contribution in [0.5, 0.6) is 0 Å². The summed E-state index contributed by atoms with van der Waals surface area (Å²) in [5.74, 6) is 47.7. The standard InChI is InChI=1S/C15H26O3Si.C12H24O3Si.C10H14.C9H18O3Si.C8H10.C6H10.C5H9N.2C4H6/c1-5-9-10-11-12-13-14-15-19(16-6-2,17-7-3)18-8-4;1-5-9-10-11-12-16(13-6-2,14-7-3)15-8-4;1-3-5-7-9-10-8-6-4-2;1-5-9-13(10-6-2,11-7-3)12-8-4;1-3-5-7-8-6-4-2;1-3-5-6-4-2;1-4-5-6(2)3;2*1-3-4-2/h6-8,10-13H2,1-4H3;5-10H2,1-4H3;7-10H2,1-2H3;6-8H2,1-4H3;1-2H,5-8H2;1H,4-6H2,2H3;1H,5H2,2-3H3;2*1-2H3. The molecule has 86 heavy (non-hydrogen) atoms. The van der Waals surface area contributed by atoms with Gasteiger partial charge in [-0.1, -0.05) is 32.6 Å². The van der Waals surface area contributed by atoms with Crippen LogP contribution in [0.4, 0.5) is 0 Å². The lowest BCUT2D eigenvalue weighted by Gasteiger charge is -2.22. The van der Waals surface area contributed by atoms with E-state index in [1.165, 1.54) is 25.7 Å². The highest BCUT2D eigenvalue weighted by Crippen LogP contribution is 2.11. The fourth-order valence-electron chi connectivity index (χ4n) is 5.31. The predicted molar refractivity (Wildman–Crippen MR) is 378 cm³/mol. The molecule has 486 valence electrons. The first kappa shape index (κ1) is 100.0. The summed E-state index contributed by atoms with van der Waals surface area (Å²) in [6, 6.07) is 0. The van der Waals surface area contributed by atoms with Crippen LogP contribution in [0, 0.1) is 143 Å². The second-order valence-electron chi connectivity index (χ2n) is 16.7. The maximum absolute atomic E-state index is 5.65. The Morgan fingerprint density at radius 2 is 0.488 bits per heavy atom. The molecule has 0 bridgehead atoms. The Morgan fingerprint density at radius 1 is 0.267 bits per heavy atom. The quantitative estimate of drug-likeness (QED) is 0.0369. The van der Waals surface area contributed by atoms with Gasteiger partial charge in [-0.3, -0.25) is 4.90 Å². The Labute approximate surface area is 538 Å². The van der Waals surface area contributed by atoms with E-state index in [4.69, 9.17) is 65.5 Å². The number of unbranched alkanes of at least 4 members (excludes halogenated alkanes) is 13. The summed E-state index contributed by atoms with van der Waals surface area (Å²) >= 11 is 0.